The Bertz CT molecular complexity index is 904. The van der Waals surface area contributed by atoms with Gasteiger partial charge in [-0.1, -0.05) is 12.1 Å². The van der Waals surface area contributed by atoms with Crippen LogP contribution in [0.5, 0.6) is 0 Å². The Balaban J connectivity index is 2.08. The number of sulfonamides is 1. The van der Waals surface area contributed by atoms with Gasteiger partial charge in [0, 0.05) is 29.4 Å². The molecular formula is C14H12N4O2S. The molecule has 0 saturated carbocycles. The molecule has 0 amide bonds. The molecule has 21 heavy (non-hydrogen) atoms. The minimum Gasteiger partial charge on any atom is -0.396 e. The van der Waals surface area contributed by atoms with Gasteiger partial charge in [0.1, 0.15) is 0 Å². The van der Waals surface area contributed by atoms with E-state index in [1.807, 2.05) is 6.07 Å². The summed E-state index contributed by atoms with van der Waals surface area (Å²) >= 11 is 0. The van der Waals surface area contributed by atoms with Crippen LogP contribution in [-0.4, -0.2) is 18.4 Å². The summed E-state index contributed by atoms with van der Waals surface area (Å²) in [5, 5.41) is 1.41. The smallest absolute Gasteiger partial charge is 0.281 e. The molecule has 0 atom stereocenters. The SMILES string of the molecule is Nc1cccnc1S(=O)(=O)Nc1cccc2cnccc12. The molecule has 0 aliphatic heterocycles. The lowest BCUT2D eigenvalue weighted by Crippen LogP contribution is -2.16. The lowest BCUT2D eigenvalue weighted by atomic mass is 10.1. The highest BCUT2D eigenvalue weighted by molar-refractivity contribution is 7.92. The second kappa shape index (κ2) is 5.02. The first-order valence-electron chi connectivity index (χ1n) is 6.14. The third-order valence-corrected chi connectivity index (χ3v) is 4.32. The van der Waals surface area contributed by atoms with Crippen molar-refractivity contribution in [2.45, 2.75) is 5.03 Å². The number of pyridine rings is 2. The van der Waals surface area contributed by atoms with Crippen molar-refractivity contribution in [1.29, 1.82) is 0 Å². The number of benzene rings is 1. The zero-order valence-corrected chi connectivity index (χ0v) is 11.7. The highest BCUT2D eigenvalue weighted by Crippen LogP contribution is 2.25. The van der Waals surface area contributed by atoms with E-state index in [1.54, 1.807) is 36.7 Å². The van der Waals surface area contributed by atoms with E-state index in [1.165, 1.54) is 12.3 Å². The molecule has 0 aliphatic rings. The lowest BCUT2D eigenvalue weighted by Gasteiger charge is -2.11. The largest absolute Gasteiger partial charge is 0.396 e. The molecule has 0 radical (unpaired) electrons. The van der Waals surface area contributed by atoms with Crippen molar-refractivity contribution in [3.63, 3.8) is 0 Å². The van der Waals surface area contributed by atoms with Gasteiger partial charge in [0.05, 0.1) is 11.4 Å². The minimum absolute atomic E-state index is 0.104. The number of nitrogens with one attached hydrogen (secondary N) is 1. The van der Waals surface area contributed by atoms with E-state index in [2.05, 4.69) is 14.7 Å². The third kappa shape index (κ3) is 2.50. The predicted octanol–water partition coefficient (Wildman–Crippen LogP) is 2.01. The van der Waals surface area contributed by atoms with Gasteiger partial charge in [-0.15, -0.1) is 0 Å². The van der Waals surface area contributed by atoms with Crippen LogP contribution >= 0.6 is 0 Å². The maximum atomic E-state index is 12.4. The molecule has 6 nitrogen and oxygen atoms in total. The molecule has 3 N–H and O–H groups in total. The van der Waals surface area contributed by atoms with Gasteiger partial charge < -0.3 is 5.73 Å². The van der Waals surface area contributed by atoms with Crippen LogP contribution in [0.3, 0.4) is 0 Å². The van der Waals surface area contributed by atoms with Gasteiger partial charge in [-0.2, -0.15) is 8.42 Å². The summed E-state index contributed by atoms with van der Waals surface area (Å²) in [5.41, 5.74) is 6.24. The fraction of sp³-hybridized carbons (Fsp3) is 0. The van der Waals surface area contributed by atoms with Gasteiger partial charge in [-0.05, 0) is 24.3 Å². The highest BCUT2D eigenvalue weighted by atomic mass is 32.2. The molecule has 0 aliphatic carbocycles. The van der Waals surface area contributed by atoms with E-state index in [9.17, 15) is 8.42 Å². The average molecular weight is 300 g/mol. The van der Waals surface area contributed by atoms with Crippen LogP contribution in [0.4, 0.5) is 11.4 Å². The van der Waals surface area contributed by atoms with E-state index in [4.69, 9.17) is 5.73 Å². The normalized spacial score (nSPS) is 11.4. The minimum atomic E-state index is -3.84. The first-order valence-corrected chi connectivity index (χ1v) is 7.62. The molecule has 0 unspecified atom stereocenters. The summed E-state index contributed by atoms with van der Waals surface area (Å²) in [6.07, 6.45) is 4.66. The lowest BCUT2D eigenvalue weighted by molar-refractivity contribution is 0.598. The second-order valence-electron chi connectivity index (χ2n) is 4.41. The van der Waals surface area contributed by atoms with Crippen molar-refractivity contribution in [3.05, 3.63) is 55.0 Å². The number of nitrogens with two attached hydrogens (primary N) is 1. The van der Waals surface area contributed by atoms with Crippen molar-refractivity contribution >= 4 is 32.2 Å². The molecule has 3 rings (SSSR count). The van der Waals surface area contributed by atoms with Gasteiger partial charge in [-0.3, -0.25) is 9.71 Å². The van der Waals surface area contributed by atoms with Crippen molar-refractivity contribution in [2.24, 2.45) is 0 Å². The molecule has 106 valence electrons. The van der Waals surface area contributed by atoms with Crippen LogP contribution in [0.25, 0.3) is 10.8 Å². The number of hydrogen-bond acceptors (Lipinski definition) is 5. The number of hydrogen-bond donors (Lipinski definition) is 2. The Morgan fingerprint density at radius 2 is 1.90 bits per heavy atom. The summed E-state index contributed by atoms with van der Waals surface area (Å²) < 4.78 is 27.3. The average Bonchev–Trinajstić information content (AvgIpc) is 2.47. The van der Waals surface area contributed by atoms with Gasteiger partial charge in [-0.25, -0.2) is 4.98 Å². The van der Waals surface area contributed by atoms with E-state index in [-0.39, 0.29) is 10.7 Å². The predicted molar refractivity (Wildman–Crippen MR) is 81.2 cm³/mol. The Hall–Kier alpha value is -2.67. The zero-order valence-electron chi connectivity index (χ0n) is 10.9. The summed E-state index contributed by atoms with van der Waals surface area (Å²) in [5.74, 6) is 0. The maximum Gasteiger partial charge on any atom is 0.281 e. The Kier molecular flexibility index (Phi) is 3.19. The number of nitrogens with zero attached hydrogens (tertiary/aromatic N) is 2. The van der Waals surface area contributed by atoms with Gasteiger partial charge in [0.15, 0.2) is 5.03 Å². The Labute approximate surface area is 121 Å². The molecule has 1 aromatic carbocycles. The number of nitrogen functional groups attached to an aromatic ring is 1. The van der Waals surface area contributed by atoms with E-state index in [0.29, 0.717) is 5.69 Å². The number of fused-ring (bicyclic) bond motifs is 1. The standard InChI is InChI=1S/C14H12N4O2S/c15-12-4-2-7-17-14(12)21(19,20)18-13-5-1-3-10-9-16-8-6-11(10)13/h1-9,18H,15H2. The van der Waals surface area contributed by atoms with Crippen molar-refractivity contribution < 1.29 is 8.42 Å². The zero-order chi connectivity index (χ0) is 14.9. The van der Waals surface area contributed by atoms with Gasteiger partial charge in [0.25, 0.3) is 10.0 Å². The number of rotatable bonds is 3. The molecule has 7 heteroatoms. The topological polar surface area (TPSA) is 98.0 Å². The van der Waals surface area contributed by atoms with Gasteiger partial charge >= 0.3 is 0 Å². The van der Waals surface area contributed by atoms with Crippen LogP contribution in [0.1, 0.15) is 0 Å². The van der Waals surface area contributed by atoms with E-state index in [0.717, 1.165) is 10.8 Å². The Morgan fingerprint density at radius 1 is 1.05 bits per heavy atom. The fourth-order valence-corrected chi connectivity index (χ4v) is 3.17. The van der Waals surface area contributed by atoms with Crippen LogP contribution in [-0.2, 0) is 10.0 Å². The Morgan fingerprint density at radius 3 is 2.71 bits per heavy atom. The molecule has 2 heterocycles. The quantitative estimate of drug-likeness (QED) is 0.771. The number of anilines is 2. The first kappa shape index (κ1) is 13.3. The molecule has 0 bridgehead atoms. The maximum absolute atomic E-state index is 12.4. The molecule has 0 spiro atoms. The van der Waals surface area contributed by atoms with Crippen molar-refractivity contribution in [3.8, 4) is 0 Å². The van der Waals surface area contributed by atoms with Crippen LogP contribution in [0.15, 0.2) is 60.0 Å². The summed E-state index contributed by atoms with van der Waals surface area (Å²) in [7, 11) is -3.84. The molecule has 3 aromatic rings. The molecule has 0 fully saturated rings. The molecule has 2 aromatic heterocycles. The van der Waals surface area contributed by atoms with Crippen LogP contribution in [0, 0.1) is 0 Å². The second-order valence-corrected chi connectivity index (χ2v) is 6.00. The third-order valence-electron chi connectivity index (χ3n) is 2.98. The number of aromatic nitrogens is 2. The van der Waals surface area contributed by atoms with Gasteiger partial charge in [0.2, 0.25) is 0 Å². The highest BCUT2D eigenvalue weighted by Gasteiger charge is 2.19. The van der Waals surface area contributed by atoms with Crippen molar-refractivity contribution in [1.82, 2.24) is 9.97 Å². The molecule has 0 saturated heterocycles. The summed E-state index contributed by atoms with van der Waals surface area (Å²) in [6.45, 7) is 0. The van der Waals surface area contributed by atoms with E-state index < -0.39 is 10.0 Å². The summed E-state index contributed by atoms with van der Waals surface area (Å²) in [4.78, 5) is 7.85. The molecular weight excluding hydrogens is 288 g/mol. The van der Waals surface area contributed by atoms with Crippen LogP contribution < -0.4 is 10.5 Å². The fourth-order valence-electron chi connectivity index (χ4n) is 2.03. The summed E-state index contributed by atoms with van der Waals surface area (Å²) in [6, 6.07) is 10.1. The van der Waals surface area contributed by atoms with E-state index >= 15 is 0 Å². The van der Waals surface area contributed by atoms with Crippen molar-refractivity contribution in [2.75, 3.05) is 10.5 Å². The van der Waals surface area contributed by atoms with Crippen LogP contribution in [0.2, 0.25) is 0 Å². The monoisotopic (exact) mass is 300 g/mol. The first-order chi connectivity index (χ1) is 10.1.